The average Bonchev–Trinajstić information content (AvgIpc) is 2.97. The molecule has 108 valence electrons. The summed E-state index contributed by atoms with van der Waals surface area (Å²) in [5, 5.41) is 8.90. The molecular formula is C14H20N4OS. The number of thiazole rings is 1. The molecule has 2 heterocycles. The maximum absolute atomic E-state index is 12.1. The third-order valence-corrected chi connectivity index (χ3v) is 4.50. The van der Waals surface area contributed by atoms with Gasteiger partial charge in [-0.05, 0) is 31.3 Å². The third kappa shape index (κ3) is 3.19. The van der Waals surface area contributed by atoms with Crippen molar-refractivity contribution in [2.45, 2.75) is 25.7 Å². The van der Waals surface area contributed by atoms with E-state index in [-0.39, 0.29) is 6.03 Å². The van der Waals surface area contributed by atoms with E-state index >= 15 is 0 Å². The van der Waals surface area contributed by atoms with Crippen molar-refractivity contribution in [2.24, 2.45) is 0 Å². The van der Waals surface area contributed by atoms with Gasteiger partial charge in [-0.25, -0.2) is 9.78 Å². The molecule has 20 heavy (non-hydrogen) atoms. The molecule has 1 saturated heterocycles. The van der Waals surface area contributed by atoms with E-state index < -0.39 is 0 Å². The summed E-state index contributed by atoms with van der Waals surface area (Å²) in [5.74, 6) is 0. The Labute approximate surface area is 123 Å². The van der Waals surface area contributed by atoms with Crippen LogP contribution in [0.3, 0.4) is 0 Å². The first kappa shape index (κ1) is 13.6. The molecule has 0 spiro atoms. The van der Waals surface area contributed by atoms with Gasteiger partial charge >= 0.3 is 6.03 Å². The number of hydrogen-bond acceptors (Lipinski definition) is 4. The molecule has 0 aromatic carbocycles. The van der Waals surface area contributed by atoms with Crippen LogP contribution in [0.15, 0.2) is 11.5 Å². The number of nitrogens with one attached hydrogen (secondary N) is 2. The highest BCUT2D eigenvalue weighted by Gasteiger charge is 2.17. The minimum Gasteiger partial charge on any atom is -0.322 e. The van der Waals surface area contributed by atoms with E-state index in [0.717, 1.165) is 44.7 Å². The monoisotopic (exact) mass is 292 g/mol. The van der Waals surface area contributed by atoms with Gasteiger partial charge in [0.1, 0.15) is 0 Å². The number of hydrogen-bond donors (Lipinski definition) is 2. The summed E-state index contributed by atoms with van der Waals surface area (Å²) in [4.78, 5) is 18.5. The summed E-state index contributed by atoms with van der Waals surface area (Å²) in [5.41, 5.74) is 2.36. The van der Waals surface area contributed by atoms with Crippen LogP contribution >= 0.6 is 11.3 Å². The van der Waals surface area contributed by atoms with Crippen molar-refractivity contribution in [1.29, 1.82) is 0 Å². The number of allylic oxidation sites excluding steroid dienone is 2. The molecule has 1 aliphatic carbocycles. The number of rotatable bonds is 2. The highest BCUT2D eigenvalue weighted by Crippen LogP contribution is 2.29. The van der Waals surface area contributed by atoms with E-state index in [0.29, 0.717) is 5.13 Å². The van der Waals surface area contributed by atoms with E-state index in [4.69, 9.17) is 0 Å². The molecule has 2 N–H and O–H groups in total. The van der Waals surface area contributed by atoms with Crippen molar-refractivity contribution in [1.82, 2.24) is 15.2 Å². The summed E-state index contributed by atoms with van der Waals surface area (Å²) < 4.78 is 0. The Bertz CT molecular complexity index is 505. The zero-order chi connectivity index (χ0) is 13.8. The van der Waals surface area contributed by atoms with Crippen molar-refractivity contribution >= 4 is 28.1 Å². The van der Waals surface area contributed by atoms with Crippen LogP contribution < -0.4 is 10.6 Å². The quantitative estimate of drug-likeness (QED) is 0.880. The molecule has 0 radical (unpaired) electrons. The van der Waals surface area contributed by atoms with Crippen LogP contribution in [0.4, 0.5) is 9.93 Å². The second kappa shape index (κ2) is 6.37. The highest BCUT2D eigenvalue weighted by molar-refractivity contribution is 7.14. The summed E-state index contributed by atoms with van der Waals surface area (Å²) in [7, 11) is 0. The van der Waals surface area contributed by atoms with Crippen LogP contribution in [0.2, 0.25) is 0 Å². The molecule has 0 atom stereocenters. The Balaban J connectivity index is 1.61. The van der Waals surface area contributed by atoms with Gasteiger partial charge in [-0.3, -0.25) is 5.32 Å². The van der Waals surface area contributed by atoms with Crippen LogP contribution in [0.5, 0.6) is 0 Å². The summed E-state index contributed by atoms with van der Waals surface area (Å²) in [6, 6.07) is -0.0370. The number of amides is 2. The molecule has 1 aromatic heterocycles. The predicted molar refractivity (Wildman–Crippen MR) is 82.0 cm³/mol. The Hall–Kier alpha value is -1.40. The van der Waals surface area contributed by atoms with Crippen LogP contribution in [0, 0.1) is 0 Å². The predicted octanol–water partition coefficient (Wildman–Crippen LogP) is 2.54. The summed E-state index contributed by atoms with van der Waals surface area (Å²) >= 11 is 1.51. The molecule has 1 aliphatic heterocycles. The van der Waals surface area contributed by atoms with Gasteiger partial charge in [0.05, 0.1) is 5.69 Å². The Morgan fingerprint density at radius 3 is 2.95 bits per heavy atom. The van der Waals surface area contributed by atoms with Crippen molar-refractivity contribution < 1.29 is 4.79 Å². The lowest BCUT2D eigenvalue weighted by molar-refractivity contribution is 0.204. The second-order valence-electron chi connectivity index (χ2n) is 5.18. The average molecular weight is 292 g/mol. The molecule has 0 saturated carbocycles. The van der Waals surface area contributed by atoms with Gasteiger partial charge < -0.3 is 10.2 Å². The van der Waals surface area contributed by atoms with Crippen molar-refractivity contribution in [3.63, 3.8) is 0 Å². The summed E-state index contributed by atoms with van der Waals surface area (Å²) in [6.07, 6.45) is 7.05. The normalized spacial score (nSPS) is 19.6. The highest BCUT2D eigenvalue weighted by atomic mass is 32.1. The van der Waals surface area contributed by atoms with Crippen molar-refractivity contribution in [3.8, 4) is 0 Å². The largest absolute Gasteiger partial charge is 0.323 e. The van der Waals surface area contributed by atoms with Crippen molar-refractivity contribution in [2.75, 3.05) is 31.5 Å². The third-order valence-electron chi connectivity index (χ3n) is 3.74. The molecule has 5 nitrogen and oxygen atoms in total. The minimum absolute atomic E-state index is 0.0370. The lowest BCUT2D eigenvalue weighted by atomic mass is 9.98. The molecule has 6 heteroatoms. The number of urea groups is 1. The molecular weight excluding hydrogens is 272 g/mol. The molecule has 0 unspecified atom stereocenters. The number of piperazine rings is 1. The SMILES string of the molecule is O=C(Nc1nc(C2=CCCCC2)cs1)N1CCNCC1. The smallest absolute Gasteiger partial charge is 0.322 e. The number of aromatic nitrogens is 1. The van der Waals surface area contributed by atoms with E-state index in [1.807, 2.05) is 10.3 Å². The van der Waals surface area contributed by atoms with E-state index in [1.165, 1.54) is 29.8 Å². The van der Waals surface area contributed by atoms with Gasteiger partial charge in [0, 0.05) is 31.6 Å². The standard InChI is InChI=1S/C14H20N4OS/c19-14(18-8-6-15-7-9-18)17-13-16-12(10-20-13)11-4-2-1-3-5-11/h4,10,15H,1-3,5-9H2,(H,16,17,19). The van der Waals surface area contributed by atoms with Gasteiger partial charge in [-0.15, -0.1) is 11.3 Å². The van der Waals surface area contributed by atoms with E-state index in [1.54, 1.807) is 0 Å². The lowest BCUT2D eigenvalue weighted by Crippen LogP contribution is -2.48. The molecule has 3 rings (SSSR count). The first-order valence-corrected chi connectivity index (χ1v) is 8.12. The Morgan fingerprint density at radius 2 is 2.20 bits per heavy atom. The maximum Gasteiger partial charge on any atom is 0.323 e. The van der Waals surface area contributed by atoms with Crippen LogP contribution in [0.25, 0.3) is 5.57 Å². The van der Waals surface area contributed by atoms with Gasteiger partial charge in [-0.2, -0.15) is 0 Å². The zero-order valence-corrected chi connectivity index (χ0v) is 12.3. The van der Waals surface area contributed by atoms with Gasteiger partial charge in [0.25, 0.3) is 0 Å². The van der Waals surface area contributed by atoms with E-state index in [9.17, 15) is 4.79 Å². The van der Waals surface area contributed by atoms with Gasteiger partial charge in [0.15, 0.2) is 5.13 Å². The first-order valence-electron chi connectivity index (χ1n) is 7.24. The number of carbonyl (C=O) groups is 1. The fourth-order valence-electron chi connectivity index (χ4n) is 2.59. The van der Waals surface area contributed by atoms with Crippen LogP contribution in [0.1, 0.15) is 31.4 Å². The summed E-state index contributed by atoms with van der Waals surface area (Å²) in [6.45, 7) is 3.25. The van der Waals surface area contributed by atoms with Gasteiger partial charge in [0.2, 0.25) is 0 Å². The lowest BCUT2D eigenvalue weighted by Gasteiger charge is -2.26. The molecule has 2 aliphatic rings. The molecule has 1 fully saturated rings. The fraction of sp³-hybridized carbons (Fsp3) is 0.571. The first-order chi connectivity index (χ1) is 9.83. The molecule has 2 amide bonds. The fourth-order valence-corrected chi connectivity index (χ4v) is 3.31. The molecule has 1 aromatic rings. The number of anilines is 1. The Kier molecular flexibility index (Phi) is 4.32. The van der Waals surface area contributed by atoms with Crippen LogP contribution in [-0.2, 0) is 0 Å². The minimum atomic E-state index is -0.0370. The molecule has 0 bridgehead atoms. The Morgan fingerprint density at radius 1 is 1.35 bits per heavy atom. The maximum atomic E-state index is 12.1. The second-order valence-corrected chi connectivity index (χ2v) is 6.04. The van der Waals surface area contributed by atoms with E-state index in [2.05, 4.69) is 21.7 Å². The van der Waals surface area contributed by atoms with Gasteiger partial charge in [-0.1, -0.05) is 6.08 Å². The topological polar surface area (TPSA) is 57.3 Å². The number of carbonyl (C=O) groups excluding carboxylic acids is 1. The zero-order valence-electron chi connectivity index (χ0n) is 11.5. The van der Waals surface area contributed by atoms with Crippen LogP contribution in [-0.4, -0.2) is 42.1 Å². The number of nitrogens with zero attached hydrogens (tertiary/aromatic N) is 2. The van der Waals surface area contributed by atoms with Crippen molar-refractivity contribution in [3.05, 3.63) is 17.2 Å².